The zero-order valence-electron chi connectivity index (χ0n) is 12.6. The van der Waals surface area contributed by atoms with E-state index in [1.54, 1.807) is 0 Å². The summed E-state index contributed by atoms with van der Waals surface area (Å²) in [5.41, 5.74) is 2.59. The summed E-state index contributed by atoms with van der Waals surface area (Å²) in [6.45, 7) is 3.09. The fourth-order valence-electron chi connectivity index (χ4n) is 2.43. The van der Waals surface area contributed by atoms with Gasteiger partial charge < -0.3 is 10.1 Å². The molecule has 0 atom stereocenters. The van der Waals surface area contributed by atoms with Crippen LogP contribution in [0.1, 0.15) is 37.3 Å². The first-order valence-corrected chi connectivity index (χ1v) is 7.93. The molecule has 2 aromatic rings. The lowest BCUT2D eigenvalue weighted by Crippen LogP contribution is -2.15. The second-order valence-corrected chi connectivity index (χ2v) is 5.76. The summed E-state index contributed by atoms with van der Waals surface area (Å²) < 4.78 is 6.06. The SMILES string of the molecule is CCCc1ccc(Oc2ccccc2CNC2CC2)cc1. The van der Waals surface area contributed by atoms with E-state index in [4.69, 9.17) is 4.74 Å². The Morgan fingerprint density at radius 1 is 1.05 bits per heavy atom. The van der Waals surface area contributed by atoms with Crippen LogP contribution in [0.5, 0.6) is 11.5 Å². The fourth-order valence-corrected chi connectivity index (χ4v) is 2.43. The van der Waals surface area contributed by atoms with Crippen LogP contribution in [-0.2, 0) is 13.0 Å². The molecule has 0 unspecified atom stereocenters. The van der Waals surface area contributed by atoms with E-state index < -0.39 is 0 Å². The molecule has 0 radical (unpaired) electrons. The first-order valence-electron chi connectivity index (χ1n) is 7.93. The third-order valence-electron chi connectivity index (χ3n) is 3.82. The predicted molar refractivity (Wildman–Crippen MR) is 86.8 cm³/mol. The summed E-state index contributed by atoms with van der Waals surface area (Å²) in [7, 11) is 0. The Balaban J connectivity index is 1.68. The molecule has 1 aliphatic rings. The van der Waals surface area contributed by atoms with Gasteiger partial charge >= 0.3 is 0 Å². The summed E-state index contributed by atoms with van der Waals surface area (Å²) in [4.78, 5) is 0. The van der Waals surface area contributed by atoms with Gasteiger partial charge in [0.05, 0.1) is 0 Å². The molecule has 1 aliphatic carbocycles. The number of para-hydroxylation sites is 1. The van der Waals surface area contributed by atoms with Gasteiger partial charge in [-0.3, -0.25) is 0 Å². The Labute approximate surface area is 127 Å². The van der Waals surface area contributed by atoms with Gasteiger partial charge in [-0.15, -0.1) is 0 Å². The summed E-state index contributed by atoms with van der Waals surface area (Å²) in [5.74, 6) is 1.86. The quantitative estimate of drug-likeness (QED) is 0.795. The maximum Gasteiger partial charge on any atom is 0.131 e. The molecule has 1 N–H and O–H groups in total. The minimum atomic E-state index is 0.714. The molecular formula is C19H23NO. The van der Waals surface area contributed by atoms with Crippen molar-refractivity contribution in [3.8, 4) is 11.5 Å². The van der Waals surface area contributed by atoms with Crippen LogP contribution >= 0.6 is 0 Å². The van der Waals surface area contributed by atoms with Crippen LogP contribution < -0.4 is 10.1 Å². The smallest absolute Gasteiger partial charge is 0.131 e. The fraction of sp³-hybridized carbons (Fsp3) is 0.368. The number of nitrogens with one attached hydrogen (secondary N) is 1. The second-order valence-electron chi connectivity index (χ2n) is 5.76. The lowest BCUT2D eigenvalue weighted by molar-refractivity contribution is 0.472. The van der Waals surface area contributed by atoms with Gasteiger partial charge in [-0.1, -0.05) is 43.7 Å². The molecule has 0 bridgehead atoms. The van der Waals surface area contributed by atoms with Crippen molar-refractivity contribution < 1.29 is 4.74 Å². The van der Waals surface area contributed by atoms with Gasteiger partial charge in [0.15, 0.2) is 0 Å². The van der Waals surface area contributed by atoms with Crippen molar-refractivity contribution in [1.29, 1.82) is 0 Å². The molecule has 2 nitrogen and oxygen atoms in total. The van der Waals surface area contributed by atoms with Gasteiger partial charge in [-0.25, -0.2) is 0 Å². The normalized spacial score (nSPS) is 14.1. The van der Waals surface area contributed by atoms with E-state index in [9.17, 15) is 0 Å². The van der Waals surface area contributed by atoms with E-state index in [0.29, 0.717) is 6.04 Å². The first kappa shape index (κ1) is 14.2. The Kier molecular flexibility index (Phi) is 4.56. The molecule has 0 amide bonds. The zero-order chi connectivity index (χ0) is 14.5. The van der Waals surface area contributed by atoms with Gasteiger partial charge in [0.2, 0.25) is 0 Å². The monoisotopic (exact) mass is 281 g/mol. The number of hydrogen-bond acceptors (Lipinski definition) is 2. The van der Waals surface area contributed by atoms with Crippen molar-refractivity contribution in [2.75, 3.05) is 0 Å². The highest BCUT2D eigenvalue weighted by Crippen LogP contribution is 2.27. The summed E-state index contributed by atoms with van der Waals surface area (Å²) in [5, 5.41) is 3.54. The molecule has 2 heteroatoms. The Morgan fingerprint density at radius 3 is 2.52 bits per heavy atom. The van der Waals surface area contributed by atoms with Crippen LogP contribution in [-0.4, -0.2) is 6.04 Å². The number of benzene rings is 2. The second kappa shape index (κ2) is 6.77. The average molecular weight is 281 g/mol. The van der Waals surface area contributed by atoms with Gasteiger partial charge in [0.25, 0.3) is 0 Å². The van der Waals surface area contributed by atoms with Crippen LogP contribution in [0.3, 0.4) is 0 Å². The highest BCUT2D eigenvalue weighted by atomic mass is 16.5. The van der Waals surface area contributed by atoms with Crippen molar-refractivity contribution in [2.24, 2.45) is 0 Å². The number of aryl methyl sites for hydroxylation is 1. The Bertz CT molecular complexity index is 572. The Morgan fingerprint density at radius 2 is 1.81 bits per heavy atom. The minimum Gasteiger partial charge on any atom is -0.457 e. The highest BCUT2D eigenvalue weighted by Gasteiger charge is 2.20. The van der Waals surface area contributed by atoms with Crippen molar-refractivity contribution in [3.63, 3.8) is 0 Å². The molecule has 0 spiro atoms. The summed E-state index contributed by atoms with van der Waals surface area (Å²) in [6, 6.07) is 17.4. The van der Waals surface area contributed by atoms with Crippen molar-refractivity contribution >= 4 is 0 Å². The van der Waals surface area contributed by atoms with E-state index in [1.165, 1.54) is 30.4 Å². The van der Waals surface area contributed by atoms with E-state index in [2.05, 4.69) is 48.6 Å². The molecule has 3 rings (SSSR count). The number of hydrogen-bond donors (Lipinski definition) is 1. The first-order chi connectivity index (χ1) is 10.3. The highest BCUT2D eigenvalue weighted by molar-refractivity contribution is 5.38. The van der Waals surface area contributed by atoms with Gasteiger partial charge in [-0.05, 0) is 43.0 Å². The van der Waals surface area contributed by atoms with Crippen LogP contribution in [0.25, 0.3) is 0 Å². The van der Waals surface area contributed by atoms with E-state index in [0.717, 1.165) is 24.5 Å². The topological polar surface area (TPSA) is 21.3 Å². The summed E-state index contributed by atoms with van der Waals surface area (Å²) >= 11 is 0. The minimum absolute atomic E-state index is 0.714. The van der Waals surface area contributed by atoms with Crippen molar-refractivity contribution in [1.82, 2.24) is 5.32 Å². The lowest BCUT2D eigenvalue weighted by atomic mass is 10.1. The molecule has 1 fully saturated rings. The molecule has 0 aliphatic heterocycles. The van der Waals surface area contributed by atoms with Crippen LogP contribution in [0.2, 0.25) is 0 Å². The number of ether oxygens (including phenoxy) is 1. The third-order valence-corrected chi connectivity index (χ3v) is 3.82. The van der Waals surface area contributed by atoms with Gasteiger partial charge in [0.1, 0.15) is 11.5 Å². The molecule has 110 valence electrons. The number of rotatable bonds is 7. The maximum atomic E-state index is 6.06. The van der Waals surface area contributed by atoms with Crippen molar-refractivity contribution in [3.05, 3.63) is 59.7 Å². The van der Waals surface area contributed by atoms with Gasteiger partial charge in [0, 0.05) is 18.2 Å². The van der Waals surface area contributed by atoms with E-state index in [1.807, 2.05) is 12.1 Å². The zero-order valence-corrected chi connectivity index (χ0v) is 12.6. The predicted octanol–water partition coefficient (Wildman–Crippen LogP) is 4.68. The molecule has 0 saturated heterocycles. The van der Waals surface area contributed by atoms with E-state index in [-0.39, 0.29) is 0 Å². The largest absolute Gasteiger partial charge is 0.457 e. The standard InChI is InChI=1S/C19H23NO/c1-2-5-15-8-12-18(13-9-15)21-19-7-4-3-6-16(19)14-20-17-10-11-17/h3-4,6-9,12-13,17,20H,2,5,10-11,14H2,1H3. The molecule has 2 aromatic carbocycles. The van der Waals surface area contributed by atoms with Crippen LogP contribution in [0, 0.1) is 0 Å². The van der Waals surface area contributed by atoms with Crippen LogP contribution in [0.15, 0.2) is 48.5 Å². The molecule has 0 aromatic heterocycles. The maximum absolute atomic E-state index is 6.06. The molecular weight excluding hydrogens is 258 g/mol. The summed E-state index contributed by atoms with van der Waals surface area (Å²) in [6.07, 6.45) is 4.92. The van der Waals surface area contributed by atoms with Crippen LogP contribution in [0.4, 0.5) is 0 Å². The molecule has 21 heavy (non-hydrogen) atoms. The van der Waals surface area contributed by atoms with E-state index >= 15 is 0 Å². The lowest BCUT2D eigenvalue weighted by Gasteiger charge is -2.12. The molecule has 1 saturated carbocycles. The third kappa shape index (κ3) is 4.08. The molecule has 0 heterocycles. The Hall–Kier alpha value is -1.80. The van der Waals surface area contributed by atoms with Crippen molar-refractivity contribution in [2.45, 2.75) is 45.2 Å². The van der Waals surface area contributed by atoms with Gasteiger partial charge in [-0.2, -0.15) is 0 Å². The average Bonchev–Trinajstić information content (AvgIpc) is 3.33.